The van der Waals surface area contributed by atoms with Gasteiger partial charge in [-0.25, -0.2) is 4.79 Å². The summed E-state index contributed by atoms with van der Waals surface area (Å²) in [7, 11) is 0. The highest BCUT2D eigenvalue weighted by Crippen LogP contribution is 2.40. The normalized spacial score (nSPS) is 18.4. The van der Waals surface area contributed by atoms with Gasteiger partial charge in [0.25, 0.3) is 0 Å². The first-order valence-electron chi connectivity index (χ1n) is 5.64. The molecule has 1 aromatic rings. The minimum absolute atomic E-state index is 0.290. The van der Waals surface area contributed by atoms with E-state index in [-0.39, 0.29) is 0 Å². The van der Waals surface area contributed by atoms with Crippen molar-refractivity contribution in [1.29, 1.82) is 0 Å². The zero-order valence-corrected chi connectivity index (χ0v) is 10.2. The lowest BCUT2D eigenvalue weighted by Crippen LogP contribution is -2.31. The van der Waals surface area contributed by atoms with Gasteiger partial charge in [0.1, 0.15) is 11.5 Å². The fourth-order valence-corrected chi connectivity index (χ4v) is 2.28. The molecule has 1 aliphatic rings. The Morgan fingerprint density at radius 3 is 2.47 bits per heavy atom. The van der Waals surface area contributed by atoms with Crippen molar-refractivity contribution < 1.29 is 19.7 Å². The molecule has 0 radical (unpaired) electrons. The molecule has 17 heavy (non-hydrogen) atoms. The Morgan fingerprint density at radius 1 is 1.24 bits per heavy atom. The summed E-state index contributed by atoms with van der Waals surface area (Å²) in [6.07, 6.45) is 0.308. The highest BCUT2D eigenvalue weighted by Gasteiger charge is 2.29. The molecule has 0 amide bonds. The quantitative estimate of drug-likeness (QED) is 0.783. The third-order valence-corrected chi connectivity index (χ3v) is 3.53. The number of benzene rings is 1. The minimum atomic E-state index is -0.932. The van der Waals surface area contributed by atoms with E-state index in [1.165, 1.54) is 0 Å². The van der Waals surface area contributed by atoms with E-state index in [1.54, 1.807) is 0 Å². The lowest BCUT2D eigenvalue weighted by atomic mass is 9.91. The zero-order chi connectivity index (χ0) is 12.7. The van der Waals surface area contributed by atoms with Gasteiger partial charge < -0.3 is 14.9 Å². The molecule has 0 saturated carbocycles. The summed E-state index contributed by atoms with van der Waals surface area (Å²) in [6, 6.07) is 0. The number of aromatic hydroxyl groups is 1. The largest absolute Gasteiger partial charge is 0.507 e. The summed E-state index contributed by atoms with van der Waals surface area (Å²) in [6.45, 7) is 5.49. The second-order valence-electron chi connectivity index (χ2n) is 4.51. The Labute approximate surface area is 99.8 Å². The van der Waals surface area contributed by atoms with Crippen molar-refractivity contribution in [2.75, 3.05) is 0 Å². The van der Waals surface area contributed by atoms with Gasteiger partial charge in [-0.3, -0.25) is 0 Å². The molecule has 0 fully saturated rings. The Morgan fingerprint density at radius 2 is 1.88 bits per heavy atom. The van der Waals surface area contributed by atoms with Crippen LogP contribution in [0.25, 0.3) is 0 Å². The molecule has 1 atom stereocenters. The van der Waals surface area contributed by atoms with Crippen molar-refractivity contribution in [2.24, 2.45) is 0 Å². The molecule has 4 nitrogen and oxygen atoms in total. The number of phenols is 1. The van der Waals surface area contributed by atoms with Gasteiger partial charge in [0.2, 0.25) is 0 Å². The van der Waals surface area contributed by atoms with Crippen LogP contribution in [0.5, 0.6) is 11.5 Å². The number of fused-ring (bicyclic) bond motifs is 1. The molecule has 0 aliphatic carbocycles. The van der Waals surface area contributed by atoms with E-state index >= 15 is 0 Å². The fraction of sp³-hybridized carbons (Fsp3) is 0.462. The number of rotatable bonds is 1. The van der Waals surface area contributed by atoms with Crippen LogP contribution in [0.1, 0.15) is 28.7 Å². The van der Waals surface area contributed by atoms with Crippen LogP contribution < -0.4 is 4.74 Å². The molecular formula is C13H16O4. The maximum absolute atomic E-state index is 10.9. The van der Waals surface area contributed by atoms with Gasteiger partial charge in [0.05, 0.1) is 0 Å². The van der Waals surface area contributed by atoms with E-state index in [1.807, 2.05) is 20.8 Å². The molecule has 1 aromatic carbocycles. The second-order valence-corrected chi connectivity index (χ2v) is 4.51. The van der Waals surface area contributed by atoms with Crippen LogP contribution in [0, 0.1) is 20.8 Å². The molecule has 0 spiro atoms. The zero-order valence-electron chi connectivity index (χ0n) is 10.2. The average Bonchev–Trinajstić information content (AvgIpc) is 2.32. The summed E-state index contributed by atoms with van der Waals surface area (Å²) >= 11 is 0. The highest BCUT2D eigenvalue weighted by molar-refractivity contribution is 5.74. The van der Waals surface area contributed by atoms with Crippen molar-refractivity contribution >= 4 is 5.97 Å². The minimum Gasteiger partial charge on any atom is -0.507 e. The summed E-state index contributed by atoms with van der Waals surface area (Å²) in [5.74, 6) is -0.00601. The summed E-state index contributed by atoms with van der Waals surface area (Å²) < 4.78 is 5.53. The van der Waals surface area contributed by atoms with Gasteiger partial charge in [-0.1, -0.05) is 0 Å². The number of carboxylic acid groups (broad SMARTS) is 1. The summed E-state index contributed by atoms with van der Waals surface area (Å²) in [5, 5.41) is 18.9. The Balaban J connectivity index is 2.55. The van der Waals surface area contributed by atoms with E-state index < -0.39 is 12.1 Å². The van der Waals surface area contributed by atoms with Crippen molar-refractivity contribution in [1.82, 2.24) is 0 Å². The molecule has 92 valence electrons. The number of hydrogen-bond donors (Lipinski definition) is 2. The number of carboxylic acids is 1. The first kappa shape index (κ1) is 11.8. The van der Waals surface area contributed by atoms with Crippen LogP contribution in [0.4, 0.5) is 0 Å². The first-order chi connectivity index (χ1) is 7.93. The van der Waals surface area contributed by atoms with Crippen molar-refractivity contribution in [3.05, 3.63) is 22.3 Å². The maximum atomic E-state index is 10.9. The van der Waals surface area contributed by atoms with Crippen LogP contribution in [0.2, 0.25) is 0 Å². The molecule has 4 heteroatoms. The Bertz CT molecular complexity index is 491. The van der Waals surface area contributed by atoms with Gasteiger partial charge in [0, 0.05) is 5.56 Å². The molecular weight excluding hydrogens is 220 g/mol. The average molecular weight is 236 g/mol. The highest BCUT2D eigenvalue weighted by atomic mass is 16.5. The SMILES string of the molecule is Cc1c(C)c2c(c(C)c1O)CC[C@H](C(=O)O)O2. The third-order valence-electron chi connectivity index (χ3n) is 3.53. The maximum Gasteiger partial charge on any atom is 0.344 e. The molecule has 0 bridgehead atoms. The number of phenolic OH excluding ortho intramolecular Hbond substituents is 1. The van der Waals surface area contributed by atoms with E-state index in [0.29, 0.717) is 24.3 Å². The van der Waals surface area contributed by atoms with Crippen LogP contribution in [-0.4, -0.2) is 22.3 Å². The molecule has 0 aromatic heterocycles. The molecule has 2 rings (SSSR count). The van der Waals surface area contributed by atoms with Crippen molar-refractivity contribution in [2.45, 2.75) is 39.7 Å². The molecule has 1 aliphatic heterocycles. The Kier molecular flexibility index (Phi) is 2.73. The van der Waals surface area contributed by atoms with Crippen LogP contribution in [0.3, 0.4) is 0 Å². The lowest BCUT2D eigenvalue weighted by molar-refractivity contribution is -0.145. The molecule has 1 heterocycles. The van der Waals surface area contributed by atoms with Crippen molar-refractivity contribution in [3.63, 3.8) is 0 Å². The van der Waals surface area contributed by atoms with Gasteiger partial charge in [0.15, 0.2) is 6.10 Å². The van der Waals surface area contributed by atoms with Gasteiger partial charge in [-0.2, -0.15) is 0 Å². The molecule has 2 N–H and O–H groups in total. The predicted molar refractivity (Wildman–Crippen MR) is 62.7 cm³/mol. The number of carbonyl (C=O) groups is 1. The van der Waals surface area contributed by atoms with Crippen LogP contribution in [-0.2, 0) is 11.2 Å². The van der Waals surface area contributed by atoms with E-state index in [4.69, 9.17) is 9.84 Å². The van der Waals surface area contributed by atoms with Crippen molar-refractivity contribution in [3.8, 4) is 11.5 Å². The fourth-order valence-electron chi connectivity index (χ4n) is 2.28. The molecule has 0 saturated heterocycles. The monoisotopic (exact) mass is 236 g/mol. The van der Waals surface area contributed by atoms with Crippen LogP contribution >= 0.6 is 0 Å². The molecule has 0 unspecified atom stereocenters. The Hall–Kier alpha value is -1.71. The van der Waals surface area contributed by atoms with Crippen LogP contribution in [0.15, 0.2) is 0 Å². The smallest absolute Gasteiger partial charge is 0.344 e. The number of hydrogen-bond acceptors (Lipinski definition) is 3. The second kappa shape index (κ2) is 3.95. The summed E-state index contributed by atoms with van der Waals surface area (Å²) in [5.41, 5.74) is 3.32. The predicted octanol–water partition coefficient (Wildman–Crippen LogP) is 2.10. The van der Waals surface area contributed by atoms with Gasteiger partial charge >= 0.3 is 5.97 Å². The van der Waals surface area contributed by atoms with E-state index in [0.717, 1.165) is 22.3 Å². The number of aliphatic carboxylic acids is 1. The van der Waals surface area contributed by atoms with E-state index in [2.05, 4.69) is 0 Å². The number of ether oxygens (including phenoxy) is 1. The topological polar surface area (TPSA) is 66.8 Å². The van der Waals surface area contributed by atoms with Gasteiger partial charge in [-0.15, -0.1) is 0 Å². The van der Waals surface area contributed by atoms with Gasteiger partial charge in [-0.05, 0) is 50.3 Å². The standard InChI is InChI=1S/C13H16O4/c1-6-7(2)12-9(8(3)11(6)14)4-5-10(17-12)13(15)16/h10,14H,4-5H2,1-3H3,(H,15,16)/t10-/m1/s1. The third kappa shape index (κ3) is 1.73. The lowest BCUT2D eigenvalue weighted by Gasteiger charge is -2.27. The first-order valence-corrected chi connectivity index (χ1v) is 5.64. The summed E-state index contributed by atoms with van der Waals surface area (Å²) in [4.78, 5) is 10.9. The van der Waals surface area contributed by atoms with E-state index in [9.17, 15) is 9.90 Å².